The first-order valence-corrected chi connectivity index (χ1v) is 6.23. The molecule has 0 radical (unpaired) electrons. The first kappa shape index (κ1) is 14.7. The van der Waals surface area contributed by atoms with Gasteiger partial charge in [-0.2, -0.15) is 11.8 Å². The summed E-state index contributed by atoms with van der Waals surface area (Å²) in [5.74, 6) is -0.148. The molecule has 0 spiro atoms. The quantitative estimate of drug-likeness (QED) is 0.633. The standard InChI is InChI=1S/C10H20O4S/c1-3-14-9(10(12)13)5-7-15-8(2)4-6-11/h8-9,11H,3-7H2,1-2H3,(H,12,13). The molecule has 5 heteroatoms. The average Bonchev–Trinajstić information content (AvgIpc) is 2.16. The molecule has 0 aliphatic rings. The minimum Gasteiger partial charge on any atom is -0.479 e. The number of thioether (sulfide) groups is 1. The fourth-order valence-electron chi connectivity index (χ4n) is 1.12. The Bertz CT molecular complexity index is 175. The second-order valence-electron chi connectivity index (χ2n) is 3.26. The van der Waals surface area contributed by atoms with Gasteiger partial charge in [0.1, 0.15) is 0 Å². The van der Waals surface area contributed by atoms with E-state index in [1.165, 1.54) is 0 Å². The van der Waals surface area contributed by atoms with Crippen LogP contribution in [-0.4, -0.2) is 46.5 Å². The molecular formula is C10H20O4S. The van der Waals surface area contributed by atoms with Gasteiger partial charge < -0.3 is 14.9 Å². The first-order valence-electron chi connectivity index (χ1n) is 5.18. The van der Waals surface area contributed by atoms with Gasteiger partial charge in [-0.05, 0) is 25.5 Å². The number of hydrogen-bond acceptors (Lipinski definition) is 4. The summed E-state index contributed by atoms with van der Waals surface area (Å²) in [5.41, 5.74) is 0. The number of carboxylic acid groups (broad SMARTS) is 1. The highest BCUT2D eigenvalue weighted by Gasteiger charge is 2.17. The predicted octanol–water partition coefficient (Wildman–Crippen LogP) is 1.37. The Morgan fingerprint density at radius 2 is 2.13 bits per heavy atom. The van der Waals surface area contributed by atoms with E-state index < -0.39 is 12.1 Å². The lowest BCUT2D eigenvalue weighted by Crippen LogP contribution is -2.24. The molecule has 0 aromatic heterocycles. The van der Waals surface area contributed by atoms with Gasteiger partial charge >= 0.3 is 5.97 Å². The normalized spacial score (nSPS) is 14.9. The van der Waals surface area contributed by atoms with E-state index in [0.717, 1.165) is 12.2 Å². The van der Waals surface area contributed by atoms with E-state index >= 15 is 0 Å². The van der Waals surface area contributed by atoms with Gasteiger partial charge in [0.2, 0.25) is 0 Å². The van der Waals surface area contributed by atoms with Crippen LogP contribution in [-0.2, 0) is 9.53 Å². The summed E-state index contributed by atoms with van der Waals surface area (Å²) < 4.78 is 5.08. The van der Waals surface area contributed by atoms with Gasteiger partial charge in [0.05, 0.1) is 0 Å². The maximum atomic E-state index is 10.7. The molecule has 0 saturated carbocycles. The zero-order chi connectivity index (χ0) is 11.7. The Labute approximate surface area is 95.0 Å². The van der Waals surface area contributed by atoms with Gasteiger partial charge in [-0.15, -0.1) is 0 Å². The second-order valence-corrected chi connectivity index (χ2v) is 4.81. The van der Waals surface area contributed by atoms with Crippen LogP contribution in [0, 0.1) is 0 Å². The van der Waals surface area contributed by atoms with E-state index in [1.54, 1.807) is 18.7 Å². The van der Waals surface area contributed by atoms with Crippen LogP contribution in [0.3, 0.4) is 0 Å². The molecule has 0 rings (SSSR count). The van der Waals surface area contributed by atoms with Crippen molar-refractivity contribution in [2.45, 2.75) is 38.0 Å². The number of aliphatic carboxylic acids is 1. The largest absolute Gasteiger partial charge is 0.479 e. The van der Waals surface area contributed by atoms with E-state index in [2.05, 4.69) is 0 Å². The average molecular weight is 236 g/mol. The van der Waals surface area contributed by atoms with Crippen LogP contribution in [0.2, 0.25) is 0 Å². The Balaban J connectivity index is 3.65. The zero-order valence-corrected chi connectivity index (χ0v) is 10.1. The molecule has 2 unspecified atom stereocenters. The topological polar surface area (TPSA) is 66.8 Å². The van der Waals surface area contributed by atoms with Crippen molar-refractivity contribution in [1.82, 2.24) is 0 Å². The predicted molar refractivity (Wildman–Crippen MR) is 61.3 cm³/mol. The van der Waals surface area contributed by atoms with Crippen molar-refractivity contribution in [2.24, 2.45) is 0 Å². The molecule has 0 aromatic rings. The summed E-state index contributed by atoms with van der Waals surface area (Å²) in [6.07, 6.45) is 0.574. The highest BCUT2D eigenvalue weighted by atomic mass is 32.2. The zero-order valence-electron chi connectivity index (χ0n) is 9.31. The van der Waals surface area contributed by atoms with Crippen molar-refractivity contribution in [3.05, 3.63) is 0 Å². The molecule has 4 nitrogen and oxygen atoms in total. The SMILES string of the molecule is CCOC(CCSC(C)CCO)C(=O)O. The van der Waals surface area contributed by atoms with Gasteiger partial charge in [-0.1, -0.05) is 6.92 Å². The molecular weight excluding hydrogens is 216 g/mol. The Morgan fingerprint density at radius 3 is 2.60 bits per heavy atom. The molecule has 0 saturated heterocycles. The van der Waals surface area contributed by atoms with Gasteiger partial charge in [0, 0.05) is 18.5 Å². The number of carbonyl (C=O) groups is 1. The molecule has 0 aliphatic heterocycles. The molecule has 0 aromatic carbocycles. The molecule has 0 heterocycles. The number of carboxylic acids is 1. The van der Waals surface area contributed by atoms with E-state index in [0.29, 0.717) is 18.3 Å². The van der Waals surface area contributed by atoms with Crippen LogP contribution >= 0.6 is 11.8 Å². The van der Waals surface area contributed by atoms with Gasteiger partial charge in [-0.3, -0.25) is 0 Å². The minimum absolute atomic E-state index is 0.183. The van der Waals surface area contributed by atoms with Crippen molar-refractivity contribution in [1.29, 1.82) is 0 Å². The molecule has 2 atom stereocenters. The third kappa shape index (κ3) is 7.64. The summed E-state index contributed by atoms with van der Waals surface area (Å²) in [7, 11) is 0. The third-order valence-corrected chi connectivity index (χ3v) is 3.24. The number of aliphatic hydroxyl groups is 1. The van der Waals surface area contributed by atoms with Crippen LogP contribution in [0.5, 0.6) is 0 Å². The highest BCUT2D eigenvalue weighted by Crippen LogP contribution is 2.16. The number of ether oxygens (including phenoxy) is 1. The third-order valence-electron chi connectivity index (χ3n) is 1.96. The highest BCUT2D eigenvalue weighted by molar-refractivity contribution is 7.99. The summed E-state index contributed by atoms with van der Waals surface area (Å²) in [6.45, 7) is 4.42. The first-order chi connectivity index (χ1) is 7.11. The monoisotopic (exact) mass is 236 g/mol. The molecule has 0 aliphatic carbocycles. The van der Waals surface area contributed by atoms with Crippen molar-refractivity contribution in [3.8, 4) is 0 Å². The molecule has 0 fully saturated rings. The molecule has 15 heavy (non-hydrogen) atoms. The van der Waals surface area contributed by atoms with Crippen molar-refractivity contribution >= 4 is 17.7 Å². The Morgan fingerprint density at radius 1 is 1.47 bits per heavy atom. The number of aliphatic hydroxyl groups excluding tert-OH is 1. The van der Waals surface area contributed by atoms with Crippen LogP contribution in [0.4, 0.5) is 0 Å². The Kier molecular flexibility index (Phi) is 8.85. The number of rotatable bonds is 9. The van der Waals surface area contributed by atoms with E-state index in [-0.39, 0.29) is 6.61 Å². The van der Waals surface area contributed by atoms with Gasteiger partial charge in [-0.25, -0.2) is 4.79 Å². The smallest absolute Gasteiger partial charge is 0.332 e. The van der Waals surface area contributed by atoms with E-state index in [4.69, 9.17) is 14.9 Å². The van der Waals surface area contributed by atoms with E-state index in [1.807, 2.05) is 6.92 Å². The molecule has 90 valence electrons. The summed E-state index contributed by atoms with van der Waals surface area (Å²) in [6, 6.07) is 0. The van der Waals surface area contributed by atoms with Crippen LogP contribution in [0.15, 0.2) is 0 Å². The lowest BCUT2D eigenvalue weighted by molar-refractivity contribution is -0.150. The van der Waals surface area contributed by atoms with Crippen molar-refractivity contribution in [3.63, 3.8) is 0 Å². The summed E-state index contributed by atoms with van der Waals surface area (Å²) >= 11 is 1.67. The minimum atomic E-state index is -0.896. The molecule has 0 bridgehead atoms. The van der Waals surface area contributed by atoms with Gasteiger partial charge in [0.15, 0.2) is 6.10 Å². The maximum absolute atomic E-state index is 10.7. The van der Waals surface area contributed by atoms with E-state index in [9.17, 15) is 4.79 Å². The number of hydrogen-bond donors (Lipinski definition) is 2. The molecule has 2 N–H and O–H groups in total. The summed E-state index contributed by atoms with van der Waals surface area (Å²) in [4.78, 5) is 10.7. The summed E-state index contributed by atoms with van der Waals surface area (Å²) in [5, 5.41) is 17.9. The van der Waals surface area contributed by atoms with Crippen LogP contribution in [0.1, 0.15) is 26.7 Å². The molecule has 0 amide bonds. The van der Waals surface area contributed by atoms with Crippen LogP contribution in [0.25, 0.3) is 0 Å². The fourth-order valence-corrected chi connectivity index (χ4v) is 2.15. The Hall–Kier alpha value is -0.260. The van der Waals surface area contributed by atoms with Crippen LogP contribution < -0.4 is 0 Å². The van der Waals surface area contributed by atoms with Crippen molar-refractivity contribution < 1.29 is 19.7 Å². The second kappa shape index (κ2) is 9.00. The van der Waals surface area contributed by atoms with Gasteiger partial charge in [0.25, 0.3) is 0 Å². The maximum Gasteiger partial charge on any atom is 0.332 e. The lowest BCUT2D eigenvalue weighted by atomic mass is 10.3. The lowest BCUT2D eigenvalue weighted by Gasteiger charge is -2.13. The fraction of sp³-hybridized carbons (Fsp3) is 0.900. The van der Waals surface area contributed by atoms with Crippen molar-refractivity contribution in [2.75, 3.05) is 19.0 Å².